The highest BCUT2D eigenvalue weighted by Crippen LogP contribution is 2.28. The molecule has 112 valence electrons. The van der Waals surface area contributed by atoms with Gasteiger partial charge in [0, 0.05) is 24.6 Å². The lowest BCUT2D eigenvalue weighted by Gasteiger charge is -2.13. The zero-order valence-corrected chi connectivity index (χ0v) is 12.6. The molecule has 0 spiro atoms. The molecule has 6 heteroatoms. The second-order valence-corrected chi connectivity index (χ2v) is 4.52. The van der Waals surface area contributed by atoms with Crippen LogP contribution in [-0.4, -0.2) is 39.3 Å². The normalized spacial score (nSPS) is 10.3. The van der Waals surface area contributed by atoms with Crippen molar-refractivity contribution in [1.82, 2.24) is 5.32 Å². The molecule has 0 aliphatic carbocycles. The quantitative estimate of drug-likeness (QED) is 0.687. The molecule has 1 aromatic rings. The highest BCUT2D eigenvalue weighted by Gasteiger charge is 2.08. The van der Waals surface area contributed by atoms with Crippen LogP contribution in [0.5, 0.6) is 5.75 Å². The van der Waals surface area contributed by atoms with E-state index in [1.807, 2.05) is 6.92 Å². The number of carbonyl (C=O) groups excluding carboxylic acids is 1. The van der Waals surface area contributed by atoms with Gasteiger partial charge in [0.05, 0.1) is 12.3 Å². The van der Waals surface area contributed by atoms with Crippen molar-refractivity contribution in [1.29, 1.82) is 0 Å². The third kappa shape index (κ3) is 6.23. The van der Waals surface area contributed by atoms with E-state index in [2.05, 4.69) is 10.6 Å². The second-order valence-electron chi connectivity index (χ2n) is 4.09. The fourth-order valence-electron chi connectivity index (χ4n) is 1.53. The first-order valence-corrected chi connectivity index (χ1v) is 6.99. The molecular weight excluding hydrogens is 280 g/mol. The van der Waals surface area contributed by atoms with Crippen LogP contribution < -0.4 is 15.4 Å². The number of nitrogens with one attached hydrogen (secondary N) is 2. The monoisotopic (exact) mass is 300 g/mol. The Hall–Kier alpha value is -1.30. The predicted molar refractivity (Wildman–Crippen MR) is 80.6 cm³/mol. The van der Waals surface area contributed by atoms with E-state index >= 15 is 0 Å². The van der Waals surface area contributed by atoms with Gasteiger partial charge in [-0.3, -0.25) is 4.79 Å². The van der Waals surface area contributed by atoms with Gasteiger partial charge < -0.3 is 20.1 Å². The molecule has 1 amide bonds. The molecule has 5 nitrogen and oxygen atoms in total. The Morgan fingerprint density at radius 3 is 2.85 bits per heavy atom. The predicted octanol–water partition coefficient (Wildman–Crippen LogP) is 2.30. The first kappa shape index (κ1) is 16.8. The lowest BCUT2D eigenvalue weighted by atomic mass is 10.2. The summed E-state index contributed by atoms with van der Waals surface area (Å²) in [4.78, 5) is 11.7. The maximum absolute atomic E-state index is 11.7. The van der Waals surface area contributed by atoms with Crippen molar-refractivity contribution in [2.24, 2.45) is 0 Å². The molecule has 0 aromatic heterocycles. The average Bonchev–Trinajstić information content (AvgIpc) is 2.43. The Bertz CT molecular complexity index is 427. The average molecular weight is 301 g/mol. The highest BCUT2D eigenvalue weighted by atomic mass is 35.5. The van der Waals surface area contributed by atoms with Crippen LogP contribution in [0.4, 0.5) is 5.69 Å². The van der Waals surface area contributed by atoms with E-state index in [4.69, 9.17) is 21.1 Å². The summed E-state index contributed by atoms with van der Waals surface area (Å²) in [5.74, 6) is 0.503. The number of hydrogen-bond donors (Lipinski definition) is 2. The first-order valence-electron chi connectivity index (χ1n) is 6.62. The van der Waals surface area contributed by atoms with Crippen LogP contribution in [0.3, 0.4) is 0 Å². The third-order valence-corrected chi connectivity index (χ3v) is 2.74. The smallest absolute Gasteiger partial charge is 0.225 e. The maximum atomic E-state index is 11.7. The van der Waals surface area contributed by atoms with E-state index in [0.29, 0.717) is 49.2 Å². The van der Waals surface area contributed by atoms with E-state index < -0.39 is 0 Å². The largest absolute Gasteiger partial charge is 0.489 e. The molecule has 0 aliphatic rings. The Balaban J connectivity index is 2.62. The summed E-state index contributed by atoms with van der Waals surface area (Å²) in [7, 11) is 1.80. The standard InChI is InChI=1S/C14H21ClN2O3/c1-3-19-8-9-20-13-5-4-11(15)10-12(13)17-14(18)6-7-16-2/h4-5,10,16H,3,6-9H2,1-2H3,(H,17,18). The molecule has 0 fully saturated rings. The zero-order valence-electron chi connectivity index (χ0n) is 11.9. The molecule has 0 aliphatic heterocycles. The van der Waals surface area contributed by atoms with Crippen LogP contribution in [-0.2, 0) is 9.53 Å². The molecule has 0 bridgehead atoms. The fraction of sp³-hybridized carbons (Fsp3) is 0.500. The van der Waals surface area contributed by atoms with Gasteiger partial charge in [-0.25, -0.2) is 0 Å². The number of benzene rings is 1. The number of anilines is 1. The molecule has 0 unspecified atom stereocenters. The van der Waals surface area contributed by atoms with Crippen molar-refractivity contribution in [3.8, 4) is 5.75 Å². The van der Waals surface area contributed by atoms with Gasteiger partial charge in [-0.05, 0) is 32.2 Å². The Morgan fingerprint density at radius 2 is 2.15 bits per heavy atom. The van der Waals surface area contributed by atoms with E-state index in [0.717, 1.165) is 0 Å². The number of carbonyl (C=O) groups is 1. The summed E-state index contributed by atoms with van der Waals surface area (Å²) in [6.07, 6.45) is 0.390. The lowest BCUT2D eigenvalue weighted by molar-refractivity contribution is -0.116. The van der Waals surface area contributed by atoms with E-state index in [9.17, 15) is 4.79 Å². The van der Waals surface area contributed by atoms with Gasteiger partial charge in [0.25, 0.3) is 0 Å². The number of halogens is 1. The van der Waals surface area contributed by atoms with Crippen LogP contribution in [0.2, 0.25) is 5.02 Å². The summed E-state index contributed by atoms with van der Waals surface area (Å²) >= 11 is 5.94. The van der Waals surface area contributed by atoms with Crippen LogP contribution in [0.1, 0.15) is 13.3 Å². The second kappa shape index (κ2) is 9.58. The summed E-state index contributed by atoms with van der Waals surface area (Å²) in [6, 6.07) is 5.14. The van der Waals surface area contributed by atoms with Gasteiger partial charge in [0.1, 0.15) is 12.4 Å². The summed E-state index contributed by atoms with van der Waals surface area (Å²) in [6.45, 7) is 4.13. The van der Waals surface area contributed by atoms with E-state index in [-0.39, 0.29) is 5.91 Å². The van der Waals surface area contributed by atoms with E-state index in [1.165, 1.54) is 0 Å². The molecule has 0 radical (unpaired) electrons. The molecule has 1 rings (SSSR count). The van der Waals surface area contributed by atoms with Crippen LogP contribution in [0, 0.1) is 0 Å². The van der Waals surface area contributed by atoms with Crippen molar-refractivity contribution >= 4 is 23.2 Å². The summed E-state index contributed by atoms with van der Waals surface area (Å²) in [5.41, 5.74) is 0.579. The van der Waals surface area contributed by atoms with Gasteiger partial charge in [0.15, 0.2) is 0 Å². The Labute approximate surface area is 124 Å². The molecular formula is C14H21ClN2O3. The topological polar surface area (TPSA) is 59.6 Å². The molecule has 0 saturated carbocycles. The number of amides is 1. The van der Waals surface area contributed by atoms with Crippen molar-refractivity contribution in [3.63, 3.8) is 0 Å². The van der Waals surface area contributed by atoms with Crippen LogP contribution >= 0.6 is 11.6 Å². The summed E-state index contributed by atoms with van der Waals surface area (Å²) < 4.78 is 10.8. The molecule has 0 atom stereocenters. The van der Waals surface area contributed by atoms with E-state index in [1.54, 1.807) is 25.2 Å². The van der Waals surface area contributed by atoms with Crippen molar-refractivity contribution < 1.29 is 14.3 Å². The lowest BCUT2D eigenvalue weighted by Crippen LogP contribution is -2.19. The van der Waals surface area contributed by atoms with Gasteiger partial charge >= 0.3 is 0 Å². The van der Waals surface area contributed by atoms with Crippen molar-refractivity contribution in [2.45, 2.75) is 13.3 Å². The van der Waals surface area contributed by atoms with Gasteiger partial charge in [-0.15, -0.1) is 0 Å². The fourth-order valence-corrected chi connectivity index (χ4v) is 1.70. The molecule has 1 aromatic carbocycles. The minimum Gasteiger partial charge on any atom is -0.489 e. The van der Waals surface area contributed by atoms with Crippen LogP contribution in [0.15, 0.2) is 18.2 Å². The van der Waals surface area contributed by atoms with Gasteiger partial charge in [0.2, 0.25) is 5.91 Å². The Morgan fingerprint density at radius 1 is 1.35 bits per heavy atom. The number of hydrogen-bond acceptors (Lipinski definition) is 4. The van der Waals surface area contributed by atoms with Gasteiger partial charge in [-0.2, -0.15) is 0 Å². The minimum atomic E-state index is -0.0868. The summed E-state index contributed by atoms with van der Waals surface area (Å²) in [5, 5.41) is 6.27. The van der Waals surface area contributed by atoms with Crippen LogP contribution in [0.25, 0.3) is 0 Å². The Kier molecular flexibility index (Phi) is 8.02. The molecule has 0 saturated heterocycles. The SMILES string of the molecule is CCOCCOc1ccc(Cl)cc1NC(=O)CCNC. The number of rotatable bonds is 9. The minimum absolute atomic E-state index is 0.0868. The van der Waals surface area contributed by atoms with Gasteiger partial charge in [-0.1, -0.05) is 11.6 Å². The molecule has 0 heterocycles. The molecule has 2 N–H and O–H groups in total. The van der Waals surface area contributed by atoms with Crippen molar-refractivity contribution in [2.75, 3.05) is 38.7 Å². The third-order valence-electron chi connectivity index (χ3n) is 2.51. The maximum Gasteiger partial charge on any atom is 0.225 e. The number of ether oxygens (including phenoxy) is 2. The highest BCUT2D eigenvalue weighted by molar-refractivity contribution is 6.31. The van der Waals surface area contributed by atoms with Crippen molar-refractivity contribution in [3.05, 3.63) is 23.2 Å². The first-order chi connectivity index (χ1) is 9.67. The zero-order chi connectivity index (χ0) is 14.8. The molecule has 20 heavy (non-hydrogen) atoms.